The summed E-state index contributed by atoms with van der Waals surface area (Å²) in [7, 11) is 3.24. The highest BCUT2D eigenvalue weighted by atomic mass is 32.1. The standard InChI is InChI=1S/C17H28N4O3S2/c1-4-24-11-5-9-18-16(25)20-21-17(26)19-10-8-13-6-7-14(22-2)15(12-13)23-3/h6-7,12H,4-5,8-11H2,1-3H3,(H2,18,20,25)(H2,19,21,26). The molecule has 0 unspecified atom stereocenters. The van der Waals surface area contributed by atoms with Gasteiger partial charge in [0.1, 0.15) is 0 Å². The molecule has 0 radical (unpaired) electrons. The molecular formula is C17H28N4O3S2. The molecule has 0 saturated carbocycles. The third kappa shape index (κ3) is 9.02. The Morgan fingerprint density at radius 3 is 2.23 bits per heavy atom. The van der Waals surface area contributed by atoms with Gasteiger partial charge in [0, 0.05) is 26.3 Å². The summed E-state index contributed by atoms with van der Waals surface area (Å²) in [5.41, 5.74) is 6.82. The van der Waals surface area contributed by atoms with E-state index in [4.69, 9.17) is 38.6 Å². The molecule has 0 aliphatic carbocycles. The van der Waals surface area contributed by atoms with Crippen LogP contribution in [0.15, 0.2) is 18.2 Å². The molecule has 7 nitrogen and oxygen atoms in total. The molecule has 1 aromatic rings. The monoisotopic (exact) mass is 400 g/mol. The van der Waals surface area contributed by atoms with Crippen molar-refractivity contribution < 1.29 is 14.2 Å². The van der Waals surface area contributed by atoms with Crippen molar-refractivity contribution in [3.63, 3.8) is 0 Å². The van der Waals surface area contributed by atoms with Gasteiger partial charge in [0.15, 0.2) is 21.7 Å². The van der Waals surface area contributed by atoms with Crippen LogP contribution in [0, 0.1) is 0 Å². The van der Waals surface area contributed by atoms with Gasteiger partial charge in [0.2, 0.25) is 0 Å². The van der Waals surface area contributed by atoms with Crippen LogP contribution >= 0.6 is 24.4 Å². The first-order chi connectivity index (χ1) is 12.6. The molecule has 1 aromatic carbocycles. The van der Waals surface area contributed by atoms with Gasteiger partial charge < -0.3 is 24.8 Å². The number of rotatable bonds is 10. The van der Waals surface area contributed by atoms with E-state index in [0.717, 1.165) is 38.2 Å². The van der Waals surface area contributed by atoms with E-state index in [-0.39, 0.29) is 0 Å². The zero-order valence-electron chi connectivity index (χ0n) is 15.5. The van der Waals surface area contributed by atoms with E-state index in [1.807, 2.05) is 25.1 Å². The van der Waals surface area contributed by atoms with E-state index in [1.165, 1.54) is 0 Å². The van der Waals surface area contributed by atoms with E-state index >= 15 is 0 Å². The normalized spacial score (nSPS) is 9.96. The van der Waals surface area contributed by atoms with E-state index in [9.17, 15) is 0 Å². The maximum atomic E-state index is 5.30. The van der Waals surface area contributed by atoms with Crippen molar-refractivity contribution in [3.05, 3.63) is 23.8 Å². The van der Waals surface area contributed by atoms with Crippen LogP contribution in [0.5, 0.6) is 11.5 Å². The highest BCUT2D eigenvalue weighted by Gasteiger charge is 2.04. The summed E-state index contributed by atoms with van der Waals surface area (Å²) in [6, 6.07) is 5.84. The first-order valence-electron chi connectivity index (χ1n) is 8.47. The van der Waals surface area contributed by atoms with Gasteiger partial charge in [-0.05, 0) is 61.9 Å². The summed E-state index contributed by atoms with van der Waals surface area (Å²) >= 11 is 10.4. The Hall–Kier alpha value is -1.84. The van der Waals surface area contributed by atoms with E-state index in [0.29, 0.717) is 28.3 Å². The molecule has 0 spiro atoms. The van der Waals surface area contributed by atoms with Crippen LogP contribution < -0.4 is 31.0 Å². The van der Waals surface area contributed by atoms with E-state index in [2.05, 4.69) is 21.5 Å². The first kappa shape index (κ1) is 22.2. The zero-order valence-corrected chi connectivity index (χ0v) is 17.1. The summed E-state index contributed by atoms with van der Waals surface area (Å²) in [5, 5.41) is 7.15. The number of benzene rings is 1. The minimum absolute atomic E-state index is 0.476. The lowest BCUT2D eigenvalue weighted by Crippen LogP contribution is -2.50. The SMILES string of the molecule is CCOCCCNC(=S)NNC(=S)NCCc1ccc(OC)c(OC)c1. The van der Waals surface area contributed by atoms with Crippen molar-refractivity contribution in [2.24, 2.45) is 0 Å². The van der Waals surface area contributed by atoms with Crippen molar-refractivity contribution in [3.8, 4) is 11.5 Å². The van der Waals surface area contributed by atoms with Crippen LogP contribution in [0.3, 0.4) is 0 Å². The molecule has 0 atom stereocenters. The highest BCUT2D eigenvalue weighted by Crippen LogP contribution is 2.27. The van der Waals surface area contributed by atoms with Crippen molar-refractivity contribution in [1.29, 1.82) is 0 Å². The third-order valence-corrected chi connectivity index (χ3v) is 3.88. The summed E-state index contributed by atoms with van der Waals surface area (Å²) in [4.78, 5) is 0. The number of methoxy groups -OCH3 is 2. The molecule has 0 aliphatic heterocycles. The van der Waals surface area contributed by atoms with Gasteiger partial charge in [-0.3, -0.25) is 10.9 Å². The quantitative estimate of drug-likeness (QED) is 0.266. The second-order valence-electron chi connectivity index (χ2n) is 5.25. The molecule has 146 valence electrons. The molecule has 0 bridgehead atoms. The molecule has 0 aliphatic rings. The van der Waals surface area contributed by atoms with Crippen LogP contribution in [0.1, 0.15) is 18.9 Å². The van der Waals surface area contributed by atoms with Gasteiger partial charge in [-0.1, -0.05) is 6.07 Å². The van der Waals surface area contributed by atoms with Gasteiger partial charge in [-0.2, -0.15) is 0 Å². The Morgan fingerprint density at radius 2 is 1.62 bits per heavy atom. The molecule has 0 heterocycles. The van der Waals surface area contributed by atoms with Crippen LogP contribution in [0.2, 0.25) is 0 Å². The predicted molar refractivity (Wildman–Crippen MR) is 112 cm³/mol. The average molecular weight is 401 g/mol. The van der Waals surface area contributed by atoms with Gasteiger partial charge >= 0.3 is 0 Å². The summed E-state index contributed by atoms with van der Waals surface area (Å²) in [6.45, 7) is 4.84. The fourth-order valence-corrected chi connectivity index (χ4v) is 2.39. The number of thiocarbonyl (C=S) groups is 2. The molecule has 26 heavy (non-hydrogen) atoms. The number of hydrazine groups is 1. The minimum atomic E-state index is 0.476. The van der Waals surface area contributed by atoms with Crippen molar-refractivity contribution in [2.45, 2.75) is 19.8 Å². The van der Waals surface area contributed by atoms with Gasteiger partial charge in [0.05, 0.1) is 14.2 Å². The second kappa shape index (κ2) is 13.4. The average Bonchev–Trinajstić information content (AvgIpc) is 2.66. The summed E-state index contributed by atoms with van der Waals surface area (Å²) in [6.07, 6.45) is 1.69. The molecule has 4 N–H and O–H groups in total. The predicted octanol–water partition coefficient (Wildman–Crippen LogP) is 1.52. The number of hydrogen-bond acceptors (Lipinski definition) is 5. The molecule has 1 rings (SSSR count). The second-order valence-corrected chi connectivity index (χ2v) is 6.07. The summed E-state index contributed by atoms with van der Waals surface area (Å²) in [5.74, 6) is 1.43. The minimum Gasteiger partial charge on any atom is -0.493 e. The molecule has 0 amide bonds. The fraction of sp³-hybridized carbons (Fsp3) is 0.529. The Bertz CT molecular complexity index is 573. The maximum Gasteiger partial charge on any atom is 0.185 e. The van der Waals surface area contributed by atoms with Crippen LogP contribution in [-0.4, -0.2) is 50.7 Å². The lowest BCUT2D eigenvalue weighted by molar-refractivity contribution is 0.145. The molecule has 0 saturated heterocycles. The number of nitrogens with one attached hydrogen (secondary N) is 4. The van der Waals surface area contributed by atoms with Crippen LogP contribution in [-0.2, 0) is 11.2 Å². The van der Waals surface area contributed by atoms with Crippen molar-refractivity contribution in [2.75, 3.05) is 40.5 Å². The molecule has 0 aromatic heterocycles. The lowest BCUT2D eigenvalue weighted by Gasteiger charge is -2.14. The third-order valence-electron chi connectivity index (χ3n) is 3.39. The van der Waals surface area contributed by atoms with E-state index in [1.54, 1.807) is 14.2 Å². The fourth-order valence-electron chi connectivity index (χ4n) is 2.08. The number of hydrogen-bond donors (Lipinski definition) is 4. The zero-order chi connectivity index (χ0) is 19.2. The largest absolute Gasteiger partial charge is 0.493 e. The maximum absolute atomic E-state index is 5.30. The Kier molecular flexibility index (Phi) is 11.4. The molecule has 9 heteroatoms. The van der Waals surface area contributed by atoms with E-state index < -0.39 is 0 Å². The van der Waals surface area contributed by atoms with Gasteiger partial charge in [0.25, 0.3) is 0 Å². The smallest absolute Gasteiger partial charge is 0.185 e. The van der Waals surface area contributed by atoms with Crippen LogP contribution in [0.4, 0.5) is 0 Å². The number of ether oxygens (including phenoxy) is 3. The van der Waals surface area contributed by atoms with Crippen molar-refractivity contribution >= 4 is 34.7 Å². The highest BCUT2D eigenvalue weighted by molar-refractivity contribution is 7.80. The molecule has 0 fully saturated rings. The van der Waals surface area contributed by atoms with Gasteiger partial charge in [-0.15, -0.1) is 0 Å². The van der Waals surface area contributed by atoms with Crippen LogP contribution in [0.25, 0.3) is 0 Å². The topological polar surface area (TPSA) is 75.8 Å². The van der Waals surface area contributed by atoms with Gasteiger partial charge in [-0.25, -0.2) is 0 Å². The lowest BCUT2D eigenvalue weighted by atomic mass is 10.1. The first-order valence-corrected chi connectivity index (χ1v) is 9.28. The summed E-state index contributed by atoms with van der Waals surface area (Å²) < 4.78 is 15.8. The Labute approximate surface area is 166 Å². The Morgan fingerprint density at radius 1 is 0.962 bits per heavy atom. The molecular weight excluding hydrogens is 372 g/mol. The Balaban J connectivity index is 2.19. The van der Waals surface area contributed by atoms with Crippen molar-refractivity contribution in [1.82, 2.24) is 21.5 Å².